The van der Waals surface area contributed by atoms with Gasteiger partial charge in [0.2, 0.25) is 5.75 Å². The standard InChI is InChI=1S/C20H28N2O4S/c1-12(2)15-10-21-18(13(3)4)20(22-15)27(23)11-14-8-16(24-5)19(26-7)17(9-14)25-6/h8-10,12-13H,11H2,1-7H3. The third-order valence-corrected chi connectivity index (χ3v) is 5.49. The van der Waals surface area contributed by atoms with Gasteiger partial charge in [-0.25, -0.2) is 4.98 Å². The maximum Gasteiger partial charge on any atom is 0.203 e. The molecule has 1 aromatic heterocycles. The summed E-state index contributed by atoms with van der Waals surface area (Å²) in [4.78, 5) is 9.19. The summed E-state index contributed by atoms with van der Waals surface area (Å²) in [7, 11) is 3.33. The molecule has 0 aliphatic heterocycles. The maximum absolute atomic E-state index is 13.2. The normalized spacial score (nSPS) is 12.3. The molecule has 1 aromatic carbocycles. The lowest BCUT2D eigenvalue weighted by Crippen LogP contribution is -2.10. The average molecular weight is 393 g/mol. The van der Waals surface area contributed by atoms with Gasteiger partial charge in [0.15, 0.2) is 11.5 Å². The van der Waals surface area contributed by atoms with E-state index in [0.717, 1.165) is 17.0 Å². The van der Waals surface area contributed by atoms with Gasteiger partial charge >= 0.3 is 0 Å². The van der Waals surface area contributed by atoms with Gasteiger partial charge in [0.1, 0.15) is 5.03 Å². The van der Waals surface area contributed by atoms with Crippen LogP contribution in [0.25, 0.3) is 0 Å². The zero-order valence-corrected chi connectivity index (χ0v) is 17.8. The van der Waals surface area contributed by atoms with Crippen molar-refractivity contribution in [1.29, 1.82) is 0 Å². The molecule has 7 heteroatoms. The minimum atomic E-state index is -1.35. The average Bonchev–Trinajstić information content (AvgIpc) is 2.66. The Morgan fingerprint density at radius 3 is 2.00 bits per heavy atom. The van der Waals surface area contributed by atoms with E-state index >= 15 is 0 Å². The van der Waals surface area contributed by atoms with E-state index in [1.165, 1.54) is 0 Å². The van der Waals surface area contributed by atoms with E-state index in [0.29, 0.717) is 22.3 Å². The third kappa shape index (κ3) is 4.77. The molecule has 27 heavy (non-hydrogen) atoms. The Labute approximate surface area is 163 Å². The van der Waals surface area contributed by atoms with Crippen molar-refractivity contribution in [2.75, 3.05) is 21.3 Å². The fourth-order valence-electron chi connectivity index (χ4n) is 2.67. The first-order valence-electron chi connectivity index (χ1n) is 8.86. The molecular weight excluding hydrogens is 364 g/mol. The van der Waals surface area contributed by atoms with Crippen molar-refractivity contribution >= 4 is 10.8 Å². The van der Waals surface area contributed by atoms with Crippen molar-refractivity contribution in [3.8, 4) is 17.2 Å². The summed E-state index contributed by atoms with van der Waals surface area (Å²) in [6, 6.07) is 3.63. The van der Waals surface area contributed by atoms with Crippen LogP contribution < -0.4 is 14.2 Å². The molecule has 0 bridgehead atoms. The summed E-state index contributed by atoms with van der Waals surface area (Å²) in [6.07, 6.45) is 1.78. The highest BCUT2D eigenvalue weighted by Crippen LogP contribution is 2.38. The molecule has 0 aliphatic rings. The van der Waals surface area contributed by atoms with Gasteiger partial charge in [-0.2, -0.15) is 0 Å². The number of hydrogen-bond acceptors (Lipinski definition) is 6. The number of ether oxygens (including phenoxy) is 3. The van der Waals surface area contributed by atoms with Gasteiger partial charge in [-0.3, -0.25) is 9.19 Å². The Bertz CT molecular complexity index is 797. The smallest absolute Gasteiger partial charge is 0.203 e. The minimum absolute atomic E-state index is 0.137. The van der Waals surface area contributed by atoms with Crippen LogP contribution in [0.2, 0.25) is 0 Å². The summed E-state index contributed by atoms with van der Waals surface area (Å²) in [6.45, 7) is 8.15. The van der Waals surface area contributed by atoms with Gasteiger partial charge in [0, 0.05) is 6.20 Å². The number of benzene rings is 1. The van der Waals surface area contributed by atoms with Crippen molar-refractivity contribution in [2.45, 2.75) is 50.3 Å². The first-order valence-corrected chi connectivity index (χ1v) is 10.2. The molecule has 0 radical (unpaired) electrons. The van der Waals surface area contributed by atoms with Crippen LogP contribution in [-0.2, 0) is 16.6 Å². The SMILES string of the molecule is COc1cc(CS(=O)c2nc(C(C)C)cnc2C(C)C)cc(OC)c1OC. The summed E-state index contributed by atoms with van der Waals surface area (Å²) in [5.41, 5.74) is 2.42. The van der Waals surface area contributed by atoms with Crippen LogP contribution in [0, 0.1) is 0 Å². The number of aromatic nitrogens is 2. The number of methoxy groups -OCH3 is 3. The Morgan fingerprint density at radius 2 is 1.56 bits per heavy atom. The van der Waals surface area contributed by atoms with Crippen molar-refractivity contribution in [3.63, 3.8) is 0 Å². The minimum Gasteiger partial charge on any atom is -0.493 e. The molecule has 1 unspecified atom stereocenters. The third-order valence-electron chi connectivity index (χ3n) is 4.16. The van der Waals surface area contributed by atoms with E-state index in [4.69, 9.17) is 14.2 Å². The second-order valence-corrected chi connectivity index (χ2v) is 8.18. The highest BCUT2D eigenvalue weighted by Gasteiger charge is 2.20. The predicted molar refractivity (Wildman–Crippen MR) is 106 cm³/mol. The van der Waals surface area contributed by atoms with Crippen LogP contribution in [0.4, 0.5) is 0 Å². The van der Waals surface area contributed by atoms with Crippen LogP contribution in [0.5, 0.6) is 17.2 Å². The van der Waals surface area contributed by atoms with Gasteiger partial charge in [-0.15, -0.1) is 0 Å². The highest BCUT2D eigenvalue weighted by atomic mass is 32.2. The first-order chi connectivity index (χ1) is 12.8. The van der Waals surface area contributed by atoms with E-state index in [1.807, 2.05) is 39.8 Å². The topological polar surface area (TPSA) is 70.5 Å². The van der Waals surface area contributed by atoms with E-state index in [1.54, 1.807) is 27.5 Å². The fraction of sp³-hybridized carbons (Fsp3) is 0.500. The van der Waals surface area contributed by atoms with Crippen LogP contribution in [0.1, 0.15) is 56.5 Å². The van der Waals surface area contributed by atoms with Crippen molar-refractivity contribution in [3.05, 3.63) is 35.3 Å². The molecule has 0 amide bonds. The van der Waals surface area contributed by atoms with Crippen LogP contribution in [0.3, 0.4) is 0 Å². The Morgan fingerprint density at radius 1 is 0.963 bits per heavy atom. The van der Waals surface area contributed by atoms with Gasteiger partial charge in [0.05, 0.1) is 49.3 Å². The molecule has 2 aromatic rings. The molecule has 6 nitrogen and oxygen atoms in total. The van der Waals surface area contributed by atoms with Crippen molar-refractivity contribution in [1.82, 2.24) is 9.97 Å². The van der Waals surface area contributed by atoms with Crippen LogP contribution >= 0.6 is 0 Å². The second kappa shape index (κ2) is 9.17. The highest BCUT2D eigenvalue weighted by molar-refractivity contribution is 7.84. The largest absolute Gasteiger partial charge is 0.493 e. The van der Waals surface area contributed by atoms with Gasteiger partial charge in [0.25, 0.3) is 0 Å². The molecule has 0 spiro atoms. The zero-order chi connectivity index (χ0) is 20.1. The lowest BCUT2D eigenvalue weighted by molar-refractivity contribution is 0.324. The summed E-state index contributed by atoms with van der Waals surface area (Å²) < 4.78 is 29.3. The molecule has 1 heterocycles. The molecular formula is C20H28N2O4S. The van der Waals surface area contributed by atoms with E-state index < -0.39 is 10.8 Å². The van der Waals surface area contributed by atoms with E-state index in [9.17, 15) is 4.21 Å². The molecule has 0 N–H and O–H groups in total. The first kappa shape index (κ1) is 21.2. The Kier molecular flexibility index (Phi) is 7.18. The lowest BCUT2D eigenvalue weighted by Gasteiger charge is -2.16. The van der Waals surface area contributed by atoms with Gasteiger partial charge in [-0.1, -0.05) is 27.7 Å². The van der Waals surface area contributed by atoms with Gasteiger partial charge < -0.3 is 14.2 Å². The second-order valence-electron chi connectivity index (χ2n) is 6.82. The summed E-state index contributed by atoms with van der Waals surface area (Å²) in [5.74, 6) is 2.23. The molecule has 2 rings (SSSR count). The molecule has 0 saturated carbocycles. The number of hydrogen-bond donors (Lipinski definition) is 0. The zero-order valence-electron chi connectivity index (χ0n) is 17.0. The van der Waals surface area contributed by atoms with E-state index in [-0.39, 0.29) is 17.6 Å². The van der Waals surface area contributed by atoms with Crippen molar-refractivity contribution < 1.29 is 18.4 Å². The molecule has 0 saturated heterocycles. The molecule has 0 aliphatic carbocycles. The quantitative estimate of drug-likeness (QED) is 0.675. The van der Waals surface area contributed by atoms with E-state index in [2.05, 4.69) is 9.97 Å². The summed E-state index contributed by atoms with van der Waals surface area (Å²) in [5, 5.41) is 0.546. The molecule has 1 atom stereocenters. The maximum atomic E-state index is 13.2. The van der Waals surface area contributed by atoms with Crippen molar-refractivity contribution in [2.24, 2.45) is 0 Å². The monoisotopic (exact) mass is 392 g/mol. The molecule has 148 valence electrons. The Balaban J connectivity index is 2.44. The fourth-order valence-corrected chi connectivity index (χ4v) is 4.01. The molecule has 0 fully saturated rings. The van der Waals surface area contributed by atoms with Crippen LogP contribution in [0.15, 0.2) is 23.4 Å². The van der Waals surface area contributed by atoms with Gasteiger partial charge in [-0.05, 0) is 29.5 Å². The summed E-state index contributed by atoms with van der Waals surface area (Å²) >= 11 is 0. The number of rotatable bonds is 8. The van der Waals surface area contributed by atoms with Crippen LogP contribution in [-0.4, -0.2) is 35.5 Å². The number of nitrogens with zero attached hydrogens (tertiary/aromatic N) is 2. The lowest BCUT2D eigenvalue weighted by atomic mass is 10.1. The predicted octanol–water partition coefficient (Wildman–Crippen LogP) is 4.06. The Hall–Kier alpha value is -2.15.